The van der Waals surface area contributed by atoms with Crippen LogP contribution in [0.2, 0.25) is 0 Å². The predicted molar refractivity (Wildman–Crippen MR) is 240 cm³/mol. The van der Waals surface area contributed by atoms with E-state index in [0.717, 1.165) is 51.4 Å². The van der Waals surface area contributed by atoms with E-state index >= 15 is 0 Å². The maximum atomic E-state index is 12.7. The van der Waals surface area contributed by atoms with Crippen molar-refractivity contribution in [2.24, 2.45) is 0 Å². The van der Waals surface area contributed by atoms with Gasteiger partial charge >= 0.3 is 5.97 Å². The zero-order valence-electron chi connectivity index (χ0n) is 37.8. The molecular formula is C48H90NO7P. The highest BCUT2D eigenvalue weighted by molar-refractivity contribution is 7.45. The third-order valence-electron chi connectivity index (χ3n) is 9.85. The molecule has 0 aromatic rings. The molecule has 8 nitrogen and oxygen atoms in total. The fourth-order valence-corrected chi connectivity index (χ4v) is 6.91. The Morgan fingerprint density at radius 2 is 0.982 bits per heavy atom. The summed E-state index contributed by atoms with van der Waals surface area (Å²) in [5, 5.41) is 0. The summed E-state index contributed by atoms with van der Waals surface area (Å²) in [6, 6.07) is 0. The Balaban J connectivity index is 4.17. The van der Waals surface area contributed by atoms with E-state index in [9.17, 15) is 14.3 Å². The van der Waals surface area contributed by atoms with Crippen molar-refractivity contribution in [2.45, 2.75) is 200 Å². The van der Waals surface area contributed by atoms with Gasteiger partial charge in [0, 0.05) is 13.0 Å². The average Bonchev–Trinajstić information content (AvgIpc) is 3.16. The molecule has 0 aliphatic carbocycles. The van der Waals surface area contributed by atoms with E-state index in [1.807, 2.05) is 21.1 Å². The van der Waals surface area contributed by atoms with Crippen LogP contribution in [-0.2, 0) is 27.9 Å². The average molecular weight is 824 g/mol. The Kier molecular flexibility index (Phi) is 40.1. The third kappa shape index (κ3) is 45.4. The number of esters is 1. The molecule has 0 saturated heterocycles. The van der Waals surface area contributed by atoms with E-state index in [4.69, 9.17) is 18.5 Å². The minimum absolute atomic E-state index is 0.0220. The van der Waals surface area contributed by atoms with Crippen LogP contribution in [0.4, 0.5) is 0 Å². The van der Waals surface area contributed by atoms with Gasteiger partial charge in [0.1, 0.15) is 19.3 Å². The van der Waals surface area contributed by atoms with Crippen LogP contribution in [-0.4, -0.2) is 70.7 Å². The zero-order chi connectivity index (χ0) is 42.0. The largest absolute Gasteiger partial charge is 0.756 e. The molecule has 2 unspecified atom stereocenters. The number of carbonyl (C=O) groups is 1. The molecule has 0 aliphatic rings. The van der Waals surface area contributed by atoms with Crippen molar-refractivity contribution in [1.82, 2.24) is 0 Å². The van der Waals surface area contributed by atoms with Crippen LogP contribution in [0.3, 0.4) is 0 Å². The lowest BCUT2D eigenvalue weighted by atomic mass is 10.1. The molecule has 0 aromatic heterocycles. The van der Waals surface area contributed by atoms with Gasteiger partial charge in [-0.1, -0.05) is 165 Å². The fourth-order valence-electron chi connectivity index (χ4n) is 6.18. The second kappa shape index (κ2) is 41.2. The van der Waals surface area contributed by atoms with Crippen molar-refractivity contribution in [1.29, 1.82) is 0 Å². The molecule has 0 N–H and O–H groups in total. The quantitative estimate of drug-likeness (QED) is 0.0199. The van der Waals surface area contributed by atoms with Gasteiger partial charge in [-0.3, -0.25) is 9.36 Å². The maximum Gasteiger partial charge on any atom is 0.306 e. The summed E-state index contributed by atoms with van der Waals surface area (Å²) in [4.78, 5) is 25.1. The number of unbranched alkanes of at least 4 members (excludes halogenated alkanes) is 21. The van der Waals surface area contributed by atoms with Gasteiger partial charge < -0.3 is 27.9 Å². The first-order chi connectivity index (χ1) is 27.6. The molecule has 0 aromatic carbocycles. The highest BCUT2D eigenvalue weighted by atomic mass is 31.2. The number of allylic oxidation sites excluding steroid dienone is 8. The lowest BCUT2D eigenvalue weighted by Gasteiger charge is -2.28. The van der Waals surface area contributed by atoms with Crippen molar-refractivity contribution in [2.75, 3.05) is 54.1 Å². The first kappa shape index (κ1) is 55.5. The van der Waals surface area contributed by atoms with Crippen LogP contribution >= 0.6 is 7.82 Å². The zero-order valence-corrected chi connectivity index (χ0v) is 38.7. The van der Waals surface area contributed by atoms with Gasteiger partial charge in [-0.2, -0.15) is 0 Å². The Hall–Kier alpha value is -1.54. The number of likely N-dealkylation sites (N-methyl/N-ethyl adjacent to an activating group) is 1. The SMILES string of the molecule is CCCC/C=C\CCCCCCCCOCC(COP(=O)([O-])OCC[N+](C)(C)C)OC(=O)CCCCCCCCCC/C=C\C/C=C\C/C=C\CCCCCCC. The van der Waals surface area contributed by atoms with Crippen molar-refractivity contribution in [3.63, 3.8) is 0 Å². The Bertz CT molecular complexity index is 1050. The van der Waals surface area contributed by atoms with E-state index in [2.05, 4.69) is 62.5 Å². The smallest absolute Gasteiger partial charge is 0.306 e. The molecule has 0 amide bonds. The molecule has 0 saturated carbocycles. The number of hydrogen-bond donors (Lipinski definition) is 0. The van der Waals surface area contributed by atoms with Crippen LogP contribution in [0, 0.1) is 0 Å². The minimum Gasteiger partial charge on any atom is -0.756 e. The Morgan fingerprint density at radius 1 is 0.544 bits per heavy atom. The van der Waals surface area contributed by atoms with E-state index < -0.39 is 13.9 Å². The number of rotatable bonds is 43. The summed E-state index contributed by atoms with van der Waals surface area (Å²) < 4.78 is 34.6. The molecule has 0 rings (SSSR count). The summed E-state index contributed by atoms with van der Waals surface area (Å²) in [5.74, 6) is -0.344. The van der Waals surface area contributed by atoms with Gasteiger partial charge in [0.2, 0.25) is 0 Å². The molecular weight excluding hydrogens is 734 g/mol. The van der Waals surface area contributed by atoms with E-state index in [1.165, 1.54) is 122 Å². The van der Waals surface area contributed by atoms with Crippen LogP contribution in [0.15, 0.2) is 48.6 Å². The molecule has 0 fully saturated rings. The number of phosphoric ester groups is 1. The molecule has 57 heavy (non-hydrogen) atoms. The topological polar surface area (TPSA) is 94.1 Å². The molecule has 2 atom stereocenters. The number of ether oxygens (including phenoxy) is 2. The Morgan fingerprint density at radius 3 is 1.51 bits per heavy atom. The molecule has 0 bridgehead atoms. The number of carbonyl (C=O) groups excluding carboxylic acids is 1. The highest BCUT2D eigenvalue weighted by Gasteiger charge is 2.20. The number of quaternary nitrogens is 1. The van der Waals surface area contributed by atoms with Gasteiger partial charge in [-0.25, -0.2) is 0 Å². The summed E-state index contributed by atoms with van der Waals surface area (Å²) in [7, 11) is 1.34. The van der Waals surface area contributed by atoms with Crippen LogP contribution in [0.25, 0.3) is 0 Å². The molecule has 0 heterocycles. The van der Waals surface area contributed by atoms with Crippen LogP contribution in [0.1, 0.15) is 194 Å². The van der Waals surface area contributed by atoms with E-state index in [1.54, 1.807) is 0 Å². The normalized spacial score (nSPS) is 14.1. The minimum atomic E-state index is -4.53. The summed E-state index contributed by atoms with van der Waals surface area (Å²) >= 11 is 0. The number of nitrogens with zero attached hydrogens (tertiary/aromatic N) is 1. The lowest BCUT2D eigenvalue weighted by Crippen LogP contribution is -2.37. The second-order valence-electron chi connectivity index (χ2n) is 16.8. The molecule has 0 spiro atoms. The first-order valence-electron chi connectivity index (χ1n) is 23.4. The van der Waals surface area contributed by atoms with E-state index in [0.29, 0.717) is 24.1 Å². The van der Waals surface area contributed by atoms with Crippen LogP contribution in [0.5, 0.6) is 0 Å². The fraction of sp³-hybridized carbons (Fsp3) is 0.812. The first-order valence-corrected chi connectivity index (χ1v) is 24.8. The molecule has 9 heteroatoms. The maximum absolute atomic E-state index is 12.7. The number of phosphoric acid groups is 1. The summed E-state index contributed by atoms with van der Waals surface area (Å²) in [5.41, 5.74) is 0. The van der Waals surface area contributed by atoms with Gasteiger partial charge in [-0.05, 0) is 70.6 Å². The van der Waals surface area contributed by atoms with Gasteiger partial charge in [0.05, 0.1) is 34.4 Å². The molecule has 334 valence electrons. The Labute approximate surface area is 352 Å². The van der Waals surface area contributed by atoms with Gasteiger partial charge in [0.25, 0.3) is 7.82 Å². The third-order valence-corrected chi connectivity index (χ3v) is 10.8. The standard InChI is InChI=1S/C48H90NO7P/c1-6-8-10-12-14-16-18-20-21-22-23-24-25-26-27-28-29-30-31-33-35-37-39-41-48(50)56-47(46-55-57(51,52)54-44-42-49(3,4)5)45-53-43-40-38-36-34-32-19-17-15-13-11-9-7-2/h13,15,18,20,22-23,25-26,47H,6-12,14,16-17,19,21,24,27-46H2,1-5H3/b15-13-,20-18-,23-22-,26-25-. The lowest BCUT2D eigenvalue weighted by molar-refractivity contribution is -0.870. The molecule has 0 aliphatic heterocycles. The van der Waals surface area contributed by atoms with Crippen molar-refractivity contribution < 1.29 is 37.3 Å². The van der Waals surface area contributed by atoms with Gasteiger partial charge in [-0.15, -0.1) is 0 Å². The molecule has 0 radical (unpaired) electrons. The van der Waals surface area contributed by atoms with Gasteiger partial charge in [0.15, 0.2) is 0 Å². The summed E-state index contributed by atoms with van der Waals surface area (Å²) in [6.45, 7) is 5.34. The number of hydrogen-bond acceptors (Lipinski definition) is 7. The van der Waals surface area contributed by atoms with Crippen molar-refractivity contribution in [3.05, 3.63) is 48.6 Å². The summed E-state index contributed by atoms with van der Waals surface area (Å²) in [6.07, 6.45) is 49.8. The predicted octanol–water partition coefficient (Wildman–Crippen LogP) is 13.3. The monoisotopic (exact) mass is 824 g/mol. The van der Waals surface area contributed by atoms with Crippen LogP contribution < -0.4 is 4.89 Å². The van der Waals surface area contributed by atoms with E-state index in [-0.39, 0.29) is 25.8 Å². The van der Waals surface area contributed by atoms with Crippen molar-refractivity contribution >= 4 is 13.8 Å². The van der Waals surface area contributed by atoms with Crippen molar-refractivity contribution in [3.8, 4) is 0 Å². The highest BCUT2D eigenvalue weighted by Crippen LogP contribution is 2.38. The second-order valence-corrected chi connectivity index (χ2v) is 18.2.